The number of aromatic nitrogens is 3. The summed E-state index contributed by atoms with van der Waals surface area (Å²) in [5, 5.41) is 3.16. The highest BCUT2D eigenvalue weighted by Crippen LogP contribution is 2.44. The van der Waals surface area contributed by atoms with Crippen molar-refractivity contribution in [2.75, 3.05) is 0 Å². The molecule has 0 aliphatic heterocycles. The van der Waals surface area contributed by atoms with Crippen LogP contribution in [0, 0.1) is 0 Å². The van der Waals surface area contributed by atoms with Gasteiger partial charge in [0.05, 0.1) is 50.2 Å². The molecule has 0 aliphatic carbocycles. The smallest absolute Gasteiger partial charge is 0.290 e. The van der Waals surface area contributed by atoms with Crippen molar-refractivity contribution in [3.8, 4) is 0 Å². The summed E-state index contributed by atoms with van der Waals surface area (Å²) >= 11 is 29.6. The number of halogens is 6. The monoisotopic (exact) mass is 779 g/mol. The third-order valence-electron chi connectivity index (χ3n) is 5.62. The summed E-state index contributed by atoms with van der Waals surface area (Å²) in [6.07, 6.45) is 4.44. The van der Waals surface area contributed by atoms with E-state index in [0.717, 1.165) is 13.4 Å². The van der Waals surface area contributed by atoms with Crippen LogP contribution in [-0.2, 0) is 4.57 Å². The molecule has 0 spiro atoms. The minimum Gasteiger partial charge on any atom is -0.290 e. The molecule has 0 radical (unpaired) electrons. The maximum Gasteiger partial charge on any atom is 0.705 e. The van der Waals surface area contributed by atoms with E-state index < -0.39 is 7.82 Å². The summed E-state index contributed by atoms with van der Waals surface area (Å²) < 4.78 is 38.4. The lowest BCUT2D eigenvalue weighted by Crippen LogP contribution is -2.24. The lowest BCUT2D eigenvalue weighted by molar-refractivity contribution is 0.0990. The molecular formula is C24H12Br3Cl3N3O4P. The second kappa shape index (κ2) is 10.0. The van der Waals surface area contributed by atoms with Crippen LogP contribution in [0.15, 0.2) is 86.6 Å². The number of nitrogens with zero attached hydrogens (tertiary/aromatic N) is 3. The van der Waals surface area contributed by atoms with Crippen molar-refractivity contribution in [2.45, 2.75) is 0 Å². The molecular weight excluding hydrogens is 771 g/mol. The fourth-order valence-corrected chi connectivity index (χ4v) is 6.92. The summed E-state index contributed by atoms with van der Waals surface area (Å²) in [5.41, 5.74) is 1.64. The van der Waals surface area contributed by atoms with E-state index in [4.69, 9.17) is 48.7 Å². The zero-order valence-corrected chi connectivity index (χ0v) is 26.5. The molecule has 0 bridgehead atoms. The molecule has 0 amide bonds. The van der Waals surface area contributed by atoms with Gasteiger partial charge in [-0.05, 0) is 54.6 Å². The minimum atomic E-state index is -4.52. The van der Waals surface area contributed by atoms with Gasteiger partial charge < -0.3 is 0 Å². The van der Waals surface area contributed by atoms with E-state index in [0.29, 0.717) is 47.8 Å². The summed E-state index contributed by atoms with van der Waals surface area (Å²) in [5.74, 6) is 0. The van der Waals surface area contributed by atoms with Gasteiger partial charge in [-0.2, -0.15) is 18.8 Å². The first-order chi connectivity index (χ1) is 18.1. The van der Waals surface area contributed by atoms with E-state index >= 15 is 0 Å². The molecule has 7 nitrogen and oxygen atoms in total. The summed E-state index contributed by atoms with van der Waals surface area (Å²) in [6, 6.07) is 16.1. The van der Waals surface area contributed by atoms with Crippen LogP contribution in [-0.4, -0.2) is 14.2 Å². The van der Waals surface area contributed by atoms with Crippen molar-refractivity contribution in [1.82, 2.24) is 14.2 Å². The summed E-state index contributed by atoms with van der Waals surface area (Å²) in [7, 11) is -4.52. The van der Waals surface area contributed by atoms with Crippen LogP contribution in [0.4, 0.5) is 0 Å². The number of rotatable bonds is 6. The molecule has 14 heteroatoms. The van der Waals surface area contributed by atoms with E-state index in [1.165, 1.54) is 32.8 Å². The first kappa shape index (κ1) is 26.4. The molecule has 6 rings (SSSR count). The lowest BCUT2D eigenvalue weighted by Gasteiger charge is -2.20. The molecule has 0 N–H and O–H groups in total. The van der Waals surface area contributed by atoms with Crippen LogP contribution in [0.2, 0.25) is 15.1 Å². The Morgan fingerprint density at radius 2 is 0.842 bits per heavy atom. The molecule has 0 fully saturated rings. The number of hydrogen-bond acceptors (Lipinski definition) is 4. The number of phosphoric acid groups is 1. The first-order valence-electron chi connectivity index (χ1n) is 10.7. The highest BCUT2D eigenvalue weighted by atomic mass is 79.9. The maximum absolute atomic E-state index is 14.4. The Balaban J connectivity index is 1.48. The van der Waals surface area contributed by atoms with E-state index in [-0.39, 0.29) is 0 Å². The van der Waals surface area contributed by atoms with E-state index in [1.54, 1.807) is 36.4 Å². The predicted octanol–water partition coefficient (Wildman–Crippen LogP) is 9.59. The van der Waals surface area contributed by atoms with Crippen molar-refractivity contribution in [3.63, 3.8) is 0 Å². The molecule has 3 aromatic carbocycles. The van der Waals surface area contributed by atoms with Gasteiger partial charge in [-0.1, -0.05) is 82.6 Å². The second-order valence-electron chi connectivity index (χ2n) is 8.09. The van der Waals surface area contributed by atoms with Gasteiger partial charge in [-0.3, -0.25) is 13.9 Å². The molecule has 0 unspecified atom stereocenters. The molecule has 0 atom stereocenters. The lowest BCUT2D eigenvalue weighted by atomic mass is 10.2. The highest BCUT2D eigenvalue weighted by Gasteiger charge is 2.38. The topological polar surface area (TPSA) is 59.6 Å². The molecule has 194 valence electrons. The van der Waals surface area contributed by atoms with Crippen molar-refractivity contribution < 1.29 is 18.4 Å². The maximum atomic E-state index is 14.4. The zero-order valence-electron chi connectivity index (χ0n) is 18.6. The number of benzene rings is 3. The minimum absolute atomic E-state index is 0.381. The van der Waals surface area contributed by atoms with Gasteiger partial charge in [0, 0.05) is 29.6 Å². The molecule has 0 saturated heterocycles. The number of hydrogen-bond donors (Lipinski definition) is 0. The Morgan fingerprint density at radius 3 is 1.13 bits per heavy atom. The van der Waals surface area contributed by atoms with Gasteiger partial charge in [0.15, 0.2) is 0 Å². The van der Waals surface area contributed by atoms with Crippen molar-refractivity contribution in [2.24, 2.45) is 0 Å². The predicted molar refractivity (Wildman–Crippen MR) is 161 cm³/mol. The number of fused-ring (bicyclic) bond motifs is 3. The van der Waals surface area contributed by atoms with Crippen LogP contribution < -0.4 is 13.9 Å². The molecule has 0 saturated carbocycles. The van der Waals surface area contributed by atoms with Crippen molar-refractivity contribution in [1.29, 1.82) is 0 Å². The normalized spacial score (nSPS) is 12.1. The summed E-state index contributed by atoms with van der Waals surface area (Å²) in [4.78, 5) is 0. The average Bonchev–Trinajstić information content (AvgIpc) is 3.44. The quantitative estimate of drug-likeness (QED) is 0.158. The van der Waals surface area contributed by atoms with Gasteiger partial charge in [-0.15, -0.1) is 0 Å². The van der Waals surface area contributed by atoms with Gasteiger partial charge in [0.25, 0.3) is 0 Å². The molecule has 38 heavy (non-hydrogen) atoms. The molecule has 6 aromatic rings. The van der Waals surface area contributed by atoms with Crippen LogP contribution in [0.5, 0.6) is 0 Å². The average molecular weight is 783 g/mol. The van der Waals surface area contributed by atoms with Crippen LogP contribution in [0.3, 0.4) is 0 Å². The van der Waals surface area contributed by atoms with Gasteiger partial charge in [0.2, 0.25) is 0 Å². The fraction of sp³-hybridized carbons (Fsp3) is 0. The van der Waals surface area contributed by atoms with Gasteiger partial charge in [-0.25, -0.2) is 0 Å². The third-order valence-corrected chi connectivity index (χ3v) is 9.13. The van der Waals surface area contributed by atoms with Crippen molar-refractivity contribution in [3.05, 3.63) is 102 Å². The Bertz CT molecular complexity index is 1720. The Hall–Kier alpha value is -1.78. The summed E-state index contributed by atoms with van der Waals surface area (Å²) in [6.45, 7) is 0. The largest absolute Gasteiger partial charge is 0.705 e. The van der Waals surface area contributed by atoms with Crippen LogP contribution in [0.25, 0.3) is 32.7 Å². The van der Waals surface area contributed by atoms with Gasteiger partial charge >= 0.3 is 7.82 Å². The SMILES string of the molecule is O=P(On1cc(Cl)c2cc(Br)ccc21)(On1cc(Cl)c2cc(Br)ccc21)On1cc(Cl)c2cc(Br)ccc21. The van der Waals surface area contributed by atoms with Gasteiger partial charge in [0.1, 0.15) is 0 Å². The second-order valence-corrected chi connectivity index (χ2v) is 13.4. The third kappa shape index (κ3) is 4.85. The first-order valence-corrected chi connectivity index (χ1v) is 15.7. The van der Waals surface area contributed by atoms with Crippen LogP contribution in [0.1, 0.15) is 0 Å². The van der Waals surface area contributed by atoms with E-state index in [2.05, 4.69) is 47.8 Å². The van der Waals surface area contributed by atoms with Crippen molar-refractivity contribution >= 4 is 123 Å². The van der Waals surface area contributed by atoms with E-state index in [1.807, 2.05) is 18.2 Å². The van der Waals surface area contributed by atoms with E-state index in [9.17, 15) is 4.57 Å². The zero-order chi connectivity index (χ0) is 26.8. The molecule has 3 heterocycles. The fourth-order valence-electron chi connectivity index (χ4n) is 3.97. The molecule has 3 aromatic heterocycles. The Labute approximate surface area is 255 Å². The Morgan fingerprint density at radius 1 is 0.553 bits per heavy atom. The van der Waals surface area contributed by atoms with Crippen LogP contribution >= 0.6 is 90.4 Å². The Kier molecular flexibility index (Phi) is 6.96. The molecule has 0 aliphatic rings. The highest BCUT2D eigenvalue weighted by molar-refractivity contribution is 9.11. The standard InChI is InChI=1S/C24H12Br3Cl3N3O4P/c25-13-1-4-22-16(7-13)19(28)10-31(22)35-38(34,36-32-11-20(29)17-8-14(26)2-5-23(17)32)37-33-12-21(30)18-9-15(27)3-6-24(18)33/h1-12H.